The largest absolute Gasteiger partial charge is 0.416 e. The molecule has 1 aromatic carbocycles. The molecular weight excluding hydrogens is 248 g/mol. The highest BCUT2D eigenvalue weighted by atomic mass is 19.4. The molecule has 1 heterocycles. The second-order valence-corrected chi connectivity index (χ2v) is 3.79. The second kappa shape index (κ2) is 4.36. The Morgan fingerprint density at radius 2 is 1.83 bits per heavy atom. The maximum Gasteiger partial charge on any atom is 0.416 e. The molecule has 1 aromatic heterocycles. The van der Waals surface area contributed by atoms with E-state index in [-0.39, 0.29) is 11.4 Å². The smallest absolute Gasteiger partial charge is 0.236 e. The van der Waals surface area contributed by atoms with Crippen LogP contribution in [0.1, 0.15) is 11.1 Å². The Kier molecular flexibility index (Phi) is 3.02. The van der Waals surface area contributed by atoms with Crippen LogP contribution < -0.4 is 0 Å². The third kappa shape index (κ3) is 2.64. The number of alkyl halides is 3. The van der Waals surface area contributed by atoms with Crippen LogP contribution >= 0.6 is 0 Å². The summed E-state index contributed by atoms with van der Waals surface area (Å²) >= 11 is 0. The van der Waals surface area contributed by atoms with Gasteiger partial charge >= 0.3 is 6.18 Å². The molecule has 0 N–H and O–H groups in total. The molecule has 0 saturated carbocycles. The standard InChI is InChI=1S/C12H8F4N2/c1-7-4-8(6-9(5-7)12(14,15)16)11-17-3-2-10(13)18-11/h2-6H,1H3. The molecule has 0 unspecified atom stereocenters. The molecule has 0 saturated heterocycles. The van der Waals surface area contributed by atoms with Crippen molar-refractivity contribution in [3.63, 3.8) is 0 Å². The van der Waals surface area contributed by atoms with Gasteiger partial charge in [0, 0.05) is 17.8 Å². The predicted octanol–water partition coefficient (Wildman–Crippen LogP) is 3.61. The van der Waals surface area contributed by atoms with Crippen molar-refractivity contribution >= 4 is 0 Å². The van der Waals surface area contributed by atoms with Crippen LogP contribution in [0.3, 0.4) is 0 Å². The fourth-order valence-electron chi connectivity index (χ4n) is 1.55. The minimum Gasteiger partial charge on any atom is -0.236 e. The lowest BCUT2D eigenvalue weighted by atomic mass is 10.1. The molecule has 0 aliphatic heterocycles. The minimum absolute atomic E-state index is 0.0656. The second-order valence-electron chi connectivity index (χ2n) is 3.79. The van der Waals surface area contributed by atoms with Gasteiger partial charge in [0.2, 0.25) is 5.95 Å². The normalized spacial score (nSPS) is 11.6. The Hall–Kier alpha value is -1.98. The molecule has 94 valence electrons. The molecule has 0 aliphatic rings. The zero-order valence-corrected chi connectivity index (χ0v) is 9.29. The van der Waals surface area contributed by atoms with Crippen molar-refractivity contribution in [1.29, 1.82) is 0 Å². The Bertz CT molecular complexity index is 579. The Morgan fingerprint density at radius 3 is 2.44 bits per heavy atom. The fraction of sp³-hybridized carbons (Fsp3) is 0.167. The highest BCUT2D eigenvalue weighted by Gasteiger charge is 2.31. The van der Waals surface area contributed by atoms with E-state index in [4.69, 9.17) is 0 Å². The van der Waals surface area contributed by atoms with E-state index in [0.29, 0.717) is 5.56 Å². The number of hydrogen-bond donors (Lipinski definition) is 0. The molecule has 18 heavy (non-hydrogen) atoms. The highest BCUT2D eigenvalue weighted by molar-refractivity contribution is 5.57. The number of benzene rings is 1. The number of aromatic nitrogens is 2. The summed E-state index contributed by atoms with van der Waals surface area (Å²) in [6.07, 6.45) is -3.29. The van der Waals surface area contributed by atoms with Gasteiger partial charge in [-0.2, -0.15) is 22.5 Å². The van der Waals surface area contributed by atoms with Crippen LogP contribution in [0, 0.1) is 12.9 Å². The van der Waals surface area contributed by atoms with Crippen LogP contribution in [0.2, 0.25) is 0 Å². The summed E-state index contributed by atoms with van der Waals surface area (Å²) in [7, 11) is 0. The maximum atomic E-state index is 12.9. The van der Waals surface area contributed by atoms with E-state index in [1.54, 1.807) is 0 Å². The highest BCUT2D eigenvalue weighted by Crippen LogP contribution is 2.32. The Morgan fingerprint density at radius 1 is 1.11 bits per heavy atom. The van der Waals surface area contributed by atoms with Gasteiger partial charge in [-0.3, -0.25) is 0 Å². The summed E-state index contributed by atoms with van der Waals surface area (Å²) in [5, 5.41) is 0. The molecule has 0 radical (unpaired) electrons. The van der Waals surface area contributed by atoms with Crippen molar-refractivity contribution in [2.75, 3.05) is 0 Å². The summed E-state index contributed by atoms with van der Waals surface area (Å²) in [6, 6.07) is 4.43. The molecule has 0 aliphatic carbocycles. The van der Waals surface area contributed by atoms with Crippen LogP contribution in [-0.4, -0.2) is 9.97 Å². The number of halogens is 4. The van der Waals surface area contributed by atoms with E-state index in [0.717, 1.165) is 24.4 Å². The van der Waals surface area contributed by atoms with Crippen LogP contribution in [0.15, 0.2) is 30.5 Å². The van der Waals surface area contributed by atoms with E-state index >= 15 is 0 Å². The summed E-state index contributed by atoms with van der Waals surface area (Å²) in [4.78, 5) is 7.22. The van der Waals surface area contributed by atoms with Gasteiger partial charge in [-0.1, -0.05) is 0 Å². The van der Waals surface area contributed by atoms with E-state index in [2.05, 4.69) is 9.97 Å². The van der Waals surface area contributed by atoms with E-state index in [9.17, 15) is 17.6 Å². The zero-order chi connectivity index (χ0) is 13.3. The zero-order valence-electron chi connectivity index (χ0n) is 9.29. The lowest BCUT2D eigenvalue weighted by molar-refractivity contribution is -0.137. The molecule has 0 bridgehead atoms. The molecule has 2 aromatic rings. The summed E-state index contributed by atoms with van der Waals surface area (Å²) in [5.41, 5.74) is -0.250. The van der Waals surface area contributed by atoms with E-state index in [1.807, 2.05) is 0 Å². The summed E-state index contributed by atoms with van der Waals surface area (Å²) < 4.78 is 50.8. The molecule has 0 spiro atoms. The number of rotatable bonds is 1. The van der Waals surface area contributed by atoms with Crippen LogP contribution in [0.5, 0.6) is 0 Å². The average Bonchev–Trinajstić information content (AvgIpc) is 2.27. The van der Waals surface area contributed by atoms with Crippen LogP contribution in [-0.2, 0) is 6.18 Å². The van der Waals surface area contributed by atoms with Crippen molar-refractivity contribution in [3.8, 4) is 11.4 Å². The Balaban J connectivity index is 2.55. The van der Waals surface area contributed by atoms with Gasteiger partial charge in [-0.05, 0) is 30.7 Å². The Labute approximate surface area is 100 Å². The maximum absolute atomic E-state index is 12.9. The monoisotopic (exact) mass is 256 g/mol. The van der Waals surface area contributed by atoms with Crippen molar-refractivity contribution in [2.24, 2.45) is 0 Å². The van der Waals surface area contributed by atoms with Crippen molar-refractivity contribution < 1.29 is 17.6 Å². The SMILES string of the molecule is Cc1cc(-c2nccc(F)n2)cc(C(F)(F)F)c1. The molecule has 0 fully saturated rings. The molecule has 2 nitrogen and oxygen atoms in total. The first-order valence-corrected chi connectivity index (χ1v) is 5.04. The first kappa shape index (κ1) is 12.5. The molecule has 2 rings (SSSR count). The van der Waals surface area contributed by atoms with Crippen molar-refractivity contribution in [2.45, 2.75) is 13.1 Å². The minimum atomic E-state index is -4.45. The van der Waals surface area contributed by atoms with Gasteiger partial charge in [-0.15, -0.1) is 0 Å². The first-order valence-electron chi connectivity index (χ1n) is 5.04. The van der Waals surface area contributed by atoms with Gasteiger partial charge < -0.3 is 0 Å². The topological polar surface area (TPSA) is 25.8 Å². The van der Waals surface area contributed by atoms with Crippen molar-refractivity contribution in [3.05, 3.63) is 47.5 Å². The van der Waals surface area contributed by atoms with Crippen molar-refractivity contribution in [1.82, 2.24) is 9.97 Å². The van der Waals surface area contributed by atoms with Gasteiger partial charge in [0.15, 0.2) is 5.82 Å². The predicted molar refractivity (Wildman–Crippen MR) is 57.2 cm³/mol. The number of hydrogen-bond acceptors (Lipinski definition) is 2. The lowest BCUT2D eigenvalue weighted by Gasteiger charge is -2.09. The third-order valence-corrected chi connectivity index (χ3v) is 2.28. The van der Waals surface area contributed by atoms with Gasteiger partial charge in [-0.25, -0.2) is 4.98 Å². The van der Waals surface area contributed by atoms with E-state index in [1.165, 1.54) is 13.0 Å². The van der Waals surface area contributed by atoms with Gasteiger partial charge in [0.1, 0.15) is 0 Å². The molecule has 0 atom stereocenters. The van der Waals surface area contributed by atoms with Gasteiger partial charge in [0.25, 0.3) is 0 Å². The molecule has 6 heteroatoms. The fourth-order valence-corrected chi connectivity index (χ4v) is 1.55. The number of nitrogens with zero attached hydrogens (tertiary/aromatic N) is 2. The molecule has 0 amide bonds. The quantitative estimate of drug-likeness (QED) is 0.575. The van der Waals surface area contributed by atoms with E-state index < -0.39 is 17.7 Å². The summed E-state index contributed by atoms with van der Waals surface area (Å²) in [5.74, 6) is -0.848. The van der Waals surface area contributed by atoms with Gasteiger partial charge in [0.05, 0.1) is 5.56 Å². The first-order chi connectivity index (χ1) is 8.36. The van der Waals surface area contributed by atoms with Crippen LogP contribution in [0.4, 0.5) is 17.6 Å². The molecular formula is C12H8F4N2. The average molecular weight is 256 g/mol. The van der Waals surface area contributed by atoms with Crippen LogP contribution in [0.25, 0.3) is 11.4 Å². The summed E-state index contributed by atoms with van der Waals surface area (Å²) in [6.45, 7) is 1.53. The number of aryl methyl sites for hydroxylation is 1. The third-order valence-electron chi connectivity index (χ3n) is 2.28. The lowest BCUT2D eigenvalue weighted by Crippen LogP contribution is -2.06.